The summed E-state index contributed by atoms with van der Waals surface area (Å²) in [4.78, 5) is 12.1. The van der Waals surface area contributed by atoms with Gasteiger partial charge in [0.2, 0.25) is 15.9 Å². The van der Waals surface area contributed by atoms with Crippen LogP contribution in [0, 0.1) is 23.7 Å². The minimum atomic E-state index is -4.60. The number of benzene rings is 1. The minimum absolute atomic E-state index is 0.0423. The first-order valence-corrected chi connectivity index (χ1v) is 12.5. The zero-order valence-corrected chi connectivity index (χ0v) is 18.2. The van der Waals surface area contributed by atoms with Crippen molar-refractivity contribution < 1.29 is 26.4 Å². The van der Waals surface area contributed by atoms with Crippen molar-refractivity contribution in [3.05, 3.63) is 29.8 Å². The highest BCUT2D eigenvalue weighted by Crippen LogP contribution is 2.49. The van der Waals surface area contributed by atoms with E-state index >= 15 is 0 Å². The molecule has 9 heteroatoms. The fourth-order valence-electron chi connectivity index (χ4n) is 5.60. The molecule has 1 aromatic carbocycles. The number of nitrogens with zero attached hydrogens (tertiary/aromatic N) is 1. The lowest BCUT2D eigenvalue weighted by Gasteiger charge is -2.31. The molecular formula is C22H29F3N2O3S. The maximum Gasteiger partial charge on any atom is 0.416 e. The number of hydrogen-bond donors (Lipinski definition) is 1. The van der Waals surface area contributed by atoms with Gasteiger partial charge in [-0.2, -0.15) is 17.5 Å². The predicted octanol–water partition coefficient (Wildman–Crippen LogP) is 4.05. The first kappa shape index (κ1) is 22.6. The van der Waals surface area contributed by atoms with Crippen molar-refractivity contribution in [2.75, 3.05) is 19.6 Å². The summed E-state index contributed by atoms with van der Waals surface area (Å²) in [6.45, 7) is 0.918. The van der Waals surface area contributed by atoms with Crippen molar-refractivity contribution in [2.45, 2.75) is 56.0 Å². The van der Waals surface area contributed by atoms with Gasteiger partial charge in [-0.25, -0.2) is 8.42 Å². The van der Waals surface area contributed by atoms with Crippen LogP contribution in [0.2, 0.25) is 0 Å². The standard InChI is InChI=1S/C22H29F3N2O3S/c23-22(24,25)19-2-1-3-20(14-19)31(29,30)27-10-7-16(8-11-27)21(28)26-9-6-18-13-15-4-5-17(18)12-15/h1-3,14-18H,4-13H2,(H,26,28). The van der Waals surface area contributed by atoms with Gasteiger partial charge in [0.15, 0.2) is 0 Å². The number of sulfonamides is 1. The Kier molecular flexibility index (Phi) is 6.36. The van der Waals surface area contributed by atoms with Crippen LogP contribution in [0.3, 0.4) is 0 Å². The third-order valence-electron chi connectivity index (χ3n) is 7.32. The number of fused-ring (bicyclic) bond motifs is 2. The third-order valence-corrected chi connectivity index (χ3v) is 9.22. The van der Waals surface area contributed by atoms with Gasteiger partial charge < -0.3 is 5.32 Å². The molecule has 1 aliphatic heterocycles. The quantitative estimate of drug-likeness (QED) is 0.700. The summed E-state index contributed by atoms with van der Waals surface area (Å²) < 4.78 is 65.5. The van der Waals surface area contributed by atoms with Gasteiger partial charge in [-0.15, -0.1) is 0 Å². The summed E-state index contributed by atoms with van der Waals surface area (Å²) in [6, 6.07) is 3.81. The number of carbonyl (C=O) groups is 1. The Bertz CT molecular complexity index is 911. The van der Waals surface area contributed by atoms with Crippen LogP contribution in [0.25, 0.3) is 0 Å². The highest BCUT2D eigenvalue weighted by Gasteiger charge is 2.39. The largest absolute Gasteiger partial charge is 0.416 e. The lowest BCUT2D eigenvalue weighted by molar-refractivity contribution is -0.137. The molecule has 4 rings (SSSR count). The lowest BCUT2D eigenvalue weighted by atomic mass is 9.86. The van der Waals surface area contributed by atoms with Crippen molar-refractivity contribution in [1.29, 1.82) is 0 Å². The number of alkyl halides is 3. The van der Waals surface area contributed by atoms with E-state index < -0.39 is 21.8 Å². The van der Waals surface area contributed by atoms with E-state index in [2.05, 4.69) is 5.32 Å². The Morgan fingerprint density at radius 1 is 1.10 bits per heavy atom. The molecule has 31 heavy (non-hydrogen) atoms. The fraction of sp³-hybridized carbons (Fsp3) is 0.682. The summed E-state index contributed by atoms with van der Waals surface area (Å²) in [5, 5.41) is 3.02. The molecule has 1 aromatic rings. The Balaban J connectivity index is 1.27. The summed E-state index contributed by atoms with van der Waals surface area (Å²) in [6.07, 6.45) is 2.46. The number of nitrogens with one attached hydrogen (secondary N) is 1. The average Bonchev–Trinajstić information content (AvgIpc) is 3.37. The van der Waals surface area contributed by atoms with Crippen molar-refractivity contribution in [3.63, 3.8) is 0 Å². The molecule has 1 heterocycles. The molecule has 3 atom stereocenters. The van der Waals surface area contributed by atoms with E-state index in [1.165, 1.54) is 36.1 Å². The van der Waals surface area contributed by atoms with E-state index in [1.54, 1.807) is 0 Å². The van der Waals surface area contributed by atoms with Gasteiger partial charge in [0.05, 0.1) is 10.5 Å². The van der Waals surface area contributed by atoms with Gasteiger partial charge in [-0.1, -0.05) is 12.5 Å². The Morgan fingerprint density at radius 3 is 2.45 bits per heavy atom. The molecule has 1 N–H and O–H groups in total. The van der Waals surface area contributed by atoms with Crippen molar-refractivity contribution in [3.8, 4) is 0 Å². The van der Waals surface area contributed by atoms with Gasteiger partial charge in [0.25, 0.3) is 0 Å². The van der Waals surface area contributed by atoms with Crippen LogP contribution in [-0.2, 0) is 21.0 Å². The molecule has 2 aliphatic carbocycles. The van der Waals surface area contributed by atoms with Gasteiger partial charge >= 0.3 is 6.18 Å². The van der Waals surface area contributed by atoms with Crippen LogP contribution >= 0.6 is 0 Å². The van der Waals surface area contributed by atoms with Gasteiger partial charge in [0.1, 0.15) is 0 Å². The minimum Gasteiger partial charge on any atom is -0.356 e. The summed E-state index contributed by atoms with van der Waals surface area (Å²) in [5.41, 5.74) is -0.988. The molecule has 3 fully saturated rings. The molecule has 2 bridgehead atoms. The van der Waals surface area contributed by atoms with E-state index in [1.807, 2.05) is 0 Å². The smallest absolute Gasteiger partial charge is 0.356 e. The molecule has 3 unspecified atom stereocenters. The van der Waals surface area contributed by atoms with E-state index in [9.17, 15) is 26.4 Å². The molecule has 3 aliphatic rings. The summed E-state index contributed by atoms with van der Waals surface area (Å²) in [7, 11) is -4.03. The molecule has 172 valence electrons. The number of carbonyl (C=O) groups excluding carboxylic acids is 1. The Labute approximate surface area is 181 Å². The molecular weight excluding hydrogens is 429 g/mol. The fourth-order valence-corrected chi connectivity index (χ4v) is 7.11. The van der Waals surface area contributed by atoms with E-state index in [-0.39, 0.29) is 29.8 Å². The van der Waals surface area contributed by atoms with Crippen LogP contribution in [0.15, 0.2) is 29.2 Å². The topological polar surface area (TPSA) is 66.5 Å². The zero-order chi connectivity index (χ0) is 22.2. The van der Waals surface area contributed by atoms with Crippen molar-refractivity contribution in [1.82, 2.24) is 9.62 Å². The molecule has 5 nitrogen and oxygen atoms in total. The van der Waals surface area contributed by atoms with Gasteiger partial charge in [-0.3, -0.25) is 4.79 Å². The first-order chi connectivity index (χ1) is 14.6. The number of hydrogen-bond acceptors (Lipinski definition) is 3. The number of halogens is 3. The normalized spacial score (nSPS) is 27.5. The predicted molar refractivity (Wildman–Crippen MR) is 109 cm³/mol. The molecule has 1 saturated heterocycles. The van der Waals surface area contributed by atoms with Crippen LogP contribution in [0.4, 0.5) is 13.2 Å². The van der Waals surface area contributed by atoms with Crippen LogP contribution < -0.4 is 5.32 Å². The average molecular weight is 459 g/mol. The highest BCUT2D eigenvalue weighted by atomic mass is 32.2. The first-order valence-electron chi connectivity index (χ1n) is 11.1. The zero-order valence-electron chi connectivity index (χ0n) is 17.4. The second-order valence-corrected chi connectivity index (χ2v) is 11.2. The van der Waals surface area contributed by atoms with Crippen LogP contribution in [0.5, 0.6) is 0 Å². The van der Waals surface area contributed by atoms with Crippen molar-refractivity contribution >= 4 is 15.9 Å². The Hall–Kier alpha value is -1.61. The van der Waals surface area contributed by atoms with Crippen LogP contribution in [0.1, 0.15) is 50.5 Å². The molecule has 0 spiro atoms. The monoisotopic (exact) mass is 458 g/mol. The maximum absolute atomic E-state index is 12.9. The summed E-state index contributed by atoms with van der Waals surface area (Å²) in [5.74, 6) is 2.13. The summed E-state index contributed by atoms with van der Waals surface area (Å²) >= 11 is 0. The second kappa shape index (κ2) is 8.73. The number of rotatable bonds is 6. The molecule has 2 saturated carbocycles. The van der Waals surface area contributed by atoms with E-state index in [0.29, 0.717) is 25.5 Å². The van der Waals surface area contributed by atoms with Gasteiger partial charge in [0, 0.05) is 25.6 Å². The number of amides is 1. The second-order valence-electron chi connectivity index (χ2n) is 9.22. The maximum atomic E-state index is 12.9. The van der Waals surface area contributed by atoms with Gasteiger partial charge in [-0.05, 0) is 74.5 Å². The van der Waals surface area contributed by atoms with Crippen molar-refractivity contribution in [2.24, 2.45) is 23.7 Å². The molecule has 1 amide bonds. The number of piperidine rings is 1. The highest BCUT2D eigenvalue weighted by molar-refractivity contribution is 7.89. The van der Waals surface area contributed by atoms with E-state index in [4.69, 9.17) is 0 Å². The van der Waals surface area contributed by atoms with Crippen LogP contribution in [-0.4, -0.2) is 38.3 Å². The lowest BCUT2D eigenvalue weighted by Crippen LogP contribution is -2.43. The SMILES string of the molecule is O=C(NCCC1CC2CCC1C2)C1CCN(S(=O)(=O)c2cccc(C(F)(F)F)c2)CC1. The third kappa shape index (κ3) is 4.92. The van der Waals surface area contributed by atoms with E-state index in [0.717, 1.165) is 36.3 Å². The molecule has 0 aromatic heterocycles. The molecule has 0 radical (unpaired) electrons. The Morgan fingerprint density at radius 2 is 1.84 bits per heavy atom.